The second-order valence-corrected chi connectivity index (χ2v) is 7.55. The molecule has 7 nitrogen and oxygen atoms in total. The van der Waals surface area contributed by atoms with Crippen molar-refractivity contribution in [3.8, 4) is 0 Å². The van der Waals surface area contributed by atoms with Gasteiger partial charge in [-0.25, -0.2) is 0 Å². The largest absolute Gasteiger partial charge is 0.348 e. The van der Waals surface area contributed by atoms with Crippen molar-refractivity contribution in [2.24, 2.45) is 0 Å². The predicted octanol–water partition coefficient (Wildman–Crippen LogP) is 1.64. The number of piperidine rings is 1. The van der Waals surface area contributed by atoms with Gasteiger partial charge in [0.15, 0.2) is 5.69 Å². The van der Waals surface area contributed by atoms with Crippen molar-refractivity contribution >= 4 is 34.3 Å². The molecule has 0 radical (unpaired) electrons. The van der Waals surface area contributed by atoms with Crippen LogP contribution in [0.25, 0.3) is 10.9 Å². The number of halogens is 1. The molecule has 3 heterocycles. The highest BCUT2D eigenvalue weighted by Crippen LogP contribution is 2.23. The van der Waals surface area contributed by atoms with Gasteiger partial charge in [-0.15, -0.1) is 0 Å². The topological polar surface area (TPSA) is 81.3 Å². The van der Waals surface area contributed by atoms with Crippen molar-refractivity contribution < 1.29 is 9.59 Å². The number of aromatic amines is 1. The Morgan fingerprint density at radius 2 is 2.04 bits per heavy atom. The summed E-state index contributed by atoms with van der Waals surface area (Å²) in [4.78, 5) is 28.8. The number of aromatic nitrogens is 2. The summed E-state index contributed by atoms with van der Waals surface area (Å²) >= 11 is 6.03. The van der Waals surface area contributed by atoms with E-state index in [0.29, 0.717) is 10.7 Å². The van der Waals surface area contributed by atoms with Crippen LogP contribution in [0.1, 0.15) is 29.8 Å². The normalized spacial score (nSPS) is 22.3. The first-order valence-corrected chi connectivity index (χ1v) is 9.34. The van der Waals surface area contributed by atoms with E-state index in [1.165, 1.54) is 0 Å². The Kier molecular flexibility index (Phi) is 4.58. The second-order valence-electron chi connectivity index (χ2n) is 7.11. The van der Waals surface area contributed by atoms with Crippen LogP contribution in [-0.4, -0.2) is 70.6 Å². The molecule has 138 valence electrons. The van der Waals surface area contributed by atoms with Crippen LogP contribution in [0.2, 0.25) is 5.02 Å². The maximum atomic E-state index is 12.6. The minimum atomic E-state index is -0.186. The van der Waals surface area contributed by atoms with E-state index in [4.69, 9.17) is 11.6 Å². The van der Waals surface area contributed by atoms with Crippen molar-refractivity contribution in [3.63, 3.8) is 0 Å². The molecule has 4 rings (SSSR count). The molecule has 2 N–H and O–H groups in total. The smallest absolute Gasteiger partial charge is 0.272 e. The molecule has 0 unspecified atom stereocenters. The van der Waals surface area contributed by atoms with Crippen LogP contribution in [0, 0.1) is 0 Å². The zero-order valence-corrected chi connectivity index (χ0v) is 15.4. The molecular formula is C18H22ClN5O2. The van der Waals surface area contributed by atoms with Gasteiger partial charge in [0.05, 0.1) is 11.6 Å². The predicted molar refractivity (Wildman–Crippen MR) is 99.2 cm³/mol. The highest BCUT2D eigenvalue weighted by atomic mass is 35.5. The summed E-state index contributed by atoms with van der Waals surface area (Å²) in [6, 6.07) is 5.43. The van der Waals surface area contributed by atoms with Crippen LogP contribution in [0.4, 0.5) is 0 Å². The third kappa shape index (κ3) is 3.17. The standard InChI is InChI=1S/C18H22ClN5O2/c1-23-7-6-15(18(23)26)24-8-4-12(5-9-24)20-17(25)16-13-10-11(19)2-3-14(13)21-22-16/h2-3,10,12,15H,4-9H2,1H3,(H,20,25)(H,21,22)/t15-/m1/s1. The zero-order chi connectivity index (χ0) is 18.3. The number of benzene rings is 1. The third-order valence-corrected chi connectivity index (χ3v) is 5.68. The molecular weight excluding hydrogens is 354 g/mol. The van der Waals surface area contributed by atoms with E-state index >= 15 is 0 Å². The quantitative estimate of drug-likeness (QED) is 0.854. The number of rotatable bonds is 3. The monoisotopic (exact) mass is 375 g/mol. The van der Waals surface area contributed by atoms with Crippen molar-refractivity contribution in [2.75, 3.05) is 26.7 Å². The second kappa shape index (κ2) is 6.89. The molecule has 2 saturated heterocycles. The molecule has 1 aromatic heterocycles. The summed E-state index contributed by atoms with van der Waals surface area (Å²) < 4.78 is 0. The molecule has 8 heteroatoms. The van der Waals surface area contributed by atoms with E-state index in [-0.39, 0.29) is 23.9 Å². The van der Waals surface area contributed by atoms with Crippen molar-refractivity contribution in [2.45, 2.75) is 31.3 Å². The molecule has 2 aromatic rings. The van der Waals surface area contributed by atoms with Crippen LogP contribution in [0.15, 0.2) is 18.2 Å². The first-order chi connectivity index (χ1) is 12.5. The van der Waals surface area contributed by atoms with Gasteiger partial charge in [0.2, 0.25) is 5.91 Å². The van der Waals surface area contributed by atoms with Crippen molar-refractivity contribution in [1.82, 2.24) is 25.3 Å². The maximum absolute atomic E-state index is 12.6. The number of amides is 2. The lowest BCUT2D eigenvalue weighted by atomic mass is 10.0. The van der Waals surface area contributed by atoms with Crippen LogP contribution < -0.4 is 5.32 Å². The number of H-pyrrole nitrogens is 1. The number of carbonyl (C=O) groups excluding carboxylic acids is 2. The minimum Gasteiger partial charge on any atom is -0.348 e. The highest BCUT2D eigenvalue weighted by molar-refractivity contribution is 6.31. The van der Waals surface area contributed by atoms with Gasteiger partial charge >= 0.3 is 0 Å². The van der Waals surface area contributed by atoms with E-state index in [9.17, 15) is 9.59 Å². The number of hydrogen-bond acceptors (Lipinski definition) is 4. The van der Waals surface area contributed by atoms with Crippen molar-refractivity contribution in [3.05, 3.63) is 28.9 Å². The lowest BCUT2D eigenvalue weighted by Crippen LogP contribution is -2.50. The van der Waals surface area contributed by atoms with E-state index in [1.807, 2.05) is 13.1 Å². The fraction of sp³-hybridized carbons (Fsp3) is 0.500. The lowest BCUT2D eigenvalue weighted by Gasteiger charge is -2.35. The zero-order valence-electron chi connectivity index (χ0n) is 14.7. The summed E-state index contributed by atoms with van der Waals surface area (Å²) in [6.45, 7) is 2.47. The molecule has 1 atom stereocenters. The Balaban J connectivity index is 1.37. The SMILES string of the molecule is CN1CC[C@@H](N2CCC(NC(=O)c3n[nH]c4ccc(Cl)cc34)CC2)C1=O. The summed E-state index contributed by atoms with van der Waals surface area (Å²) in [7, 11) is 1.86. The summed E-state index contributed by atoms with van der Waals surface area (Å²) in [6.07, 6.45) is 2.57. The number of nitrogens with one attached hydrogen (secondary N) is 2. The third-order valence-electron chi connectivity index (χ3n) is 5.44. The van der Waals surface area contributed by atoms with Gasteiger partial charge < -0.3 is 10.2 Å². The van der Waals surface area contributed by atoms with E-state index in [1.54, 1.807) is 17.0 Å². The molecule has 2 aliphatic rings. The van der Waals surface area contributed by atoms with Crippen LogP contribution in [0.5, 0.6) is 0 Å². The first kappa shape index (κ1) is 17.3. The number of likely N-dealkylation sites (tertiary alicyclic amines) is 2. The molecule has 0 saturated carbocycles. The molecule has 2 amide bonds. The average Bonchev–Trinajstić information content (AvgIpc) is 3.19. The lowest BCUT2D eigenvalue weighted by molar-refractivity contribution is -0.131. The number of hydrogen-bond donors (Lipinski definition) is 2. The Hall–Kier alpha value is -2.12. The molecule has 0 spiro atoms. The van der Waals surface area contributed by atoms with Gasteiger partial charge in [-0.2, -0.15) is 5.10 Å². The van der Waals surface area contributed by atoms with Gasteiger partial charge in [0.25, 0.3) is 5.91 Å². The van der Waals surface area contributed by atoms with Gasteiger partial charge in [-0.1, -0.05) is 11.6 Å². The Morgan fingerprint density at radius 1 is 1.27 bits per heavy atom. The average molecular weight is 376 g/mol. The highest BCUT2D eigenvalue weighted by Gasteiger charge is 2.36. The van der Waals surface area contributed by atoms with Gasteiger partial charge in [0.1, 0.15) is 0 Å². The van der Waals surface area contributed by atoms with Crippen LogP contribution >= 0.6 is 11.6 Å². The Morgan fingerprint density at radius 3 is 2.73 bits per heavy atom. The number of carbonyl (C=O) groups is 2. The van der Waals surface area contributed by atoms with Gasteiger partial charge in [0, 0.05) is 43.1 Å². The Bertz CT molecular complexity index is 843. The minimum absolute atomic E-state index is 0.00841. The molecule has 26 heavy (non-hydrogen) atoms. The summed E-state index contributed by atoms with van der Waals surface area (Å²) in [5, 5.41) is 11.4. The van der Waals surface area contributed by atoms with Crippen LogP contribution in [-0.2, 0) is 4.79 Å². The first-order valence-electron chi connectivity index (χ1n) is 8.96. The summed E-state index contributed by atoms with van der Waals surface area (Å²) in [5.74, 6) is 0.0287. The molecule has 1 aromatic carbocycles. The summed E-state index contributed by atoms with van der Waals surface area (Å²) in [5.41, 5.74) is 1.16. The number of nitrogens with zero attached hydrogens (tertiary/aromatic N) is 3. The number of likely N-dealkylation sites (N-methyl/N-ethyl adjacent to an activating group) is 1. The number of fused-ring (bicyclic) bond motifs is 1. The Labute approximate surface area is 156 Å². The van der Waals surface area contributed by atoms with Crippen molar-refractivity contribution in [1.29, 1.82) is 0 Å². The van der Waals surface area contributed by atoms with E-state index < -0.39 is 0 Å². The fourth-order valence-electron chi connectivity index (χ4n) is 3.91. The maximum Gasteiger partial charge on any atom is 0.272 e. The van der Waals surface area contributed by atoms with E-state index in [0.717, 1.165) is 49.8 Å². The molecule has 2 aliphatic heterocycles. The fourth-order valence-corrected chi connectivity index (χ4v) is 4.08. The van der Waals surface area contributed by atoms with Gasteiger partial charge in [-0.05, 0) is 37.5 Å². The van der Waals surface area contributed by atoms with Gasteiger partial charge in [-0.3, -0.25) is 19.6 Å². The molecule has 0 aliphatic carbocycles. The van der Waals surface area contributed by atoms with E-state index in [2.05, 4.69) is 20.4 Å². The molecule has 0 bridgehead atoms. The molecule has 2 fully saturated rings. The van der Waals surface area contributed by atoms with Crippen LogP contribution in [0.3, 0.4) is 0 Å².